The summed E-state index contributed by atoms with van der Waals surface area (Å²) in [4.78, 5) is 38.0. The number of rotatable bonds is 52. The van der Waals surface area contributed by atoms with Crippen LogP contribution in [0.2, 0.25) is 0 Å². The number of carbonyl (C=O) groups excluding carboxylic acids is 3. The van der Waals surface area contributed by atoms with Crippen LogP contribution in [0.5, 0.6) is 0 Å². The first-order chi connectivity index (χ1) is 37.0. The molecule has 420 valence electrons. The molecule has 0 aliphatic carbocycles. The Morgan fingerprint density at radius 1 is 0.280 bits per heavy atom. The molecule has 6 heteroatoms. The van der Waals surface area contributed by atoms with Crippen LogP contribution in [0.1, 0.15) is 239 Å². The topological polar surface area (TPSA) is 78.9 Å². The second-order valence-corrected chi connectivity index (χ2v) is 19.1. The highest BCUT2D eigenvalue weighted by molar-refractivity contribution is 5.71. The molecule has 75 heavy (non-hydrogen) atoms. The minimum Gasteiger partial charge on any atom is -0.462 e. The number of esters is 3. The maximum Gasteiger partial charge on any atom is 0.306 e. The number of hydrogen-bond donors (Lipinski definition) is 0. The summed E-state index contributed by atoms with van der Waals surface area (Å²) >= 11 is 0. The molecule has 0 heterocycles. The molecule has 6 nitrogen and oxygen atoms in total. The van der Waals surface area contributed by atoms with Crippen LogP contribution >= 0.6 is 0 Å². The van der Waals surface area contributed by atoms with Gasteiger partial charge in [0.25, 0.3) is 0 Å². The lowest BCUT2D eigenvalue weighted by Crippen LogP contribution is -2.30. The molecule has 1 unspecified atom stereocenters. The second-order valence-electron chi connectivity index (χ2n) is 19.1. The van der Waals surface area contributed by atoms with Crippen LogP contribution in [0.4, 0.5) is 0 Å². The molecule has 0 aromatic carbocycles. The van der Waals surface area contributed by atoms with E-state index in [4.69, 9.17) is 14.2 Å². The van der Waals surface area contributed by atoms with Gasteiger partial charge in [0.05, 0.1) is 0 Å². The second kappa shape index (κ2) is 61.6. The Hall–Kier alpha value is -4.97. The van der Waals surface area contributed by atoms with Gasteiger partial charge >= 0.3 is 17.9 Å². The molecular formula is C69H108O6. The zero-order valence-corrected chi connectivity index (χ0v) is 48.0. The van der Waals surface area contributed by atoms with Gasteiger partial charge in [0, 0.05) is 19.3 Å². The number of allylic oxidation sites excluding steroid dienone is 26. The van der Waals surface area contributed by atoms with E-state index in [0.717, 1.165) is 141 Å². The van der Waals surface area contributed by atoms with Crippen LogP contribution in [0.15, 0.2) is 158 Å². The Balaban J connectivity index is 4.35. The van der Waals surface area contributed by atoms with Crippen LogP contribution in [0.3, 0.4) is 0 Å². The summed E-state index contributed by atoms with van der Waals surface area (Å²) in [6.45, 7) is 6.32. The maximum absolute atomic E-state index is 12.8. The molecule has 0 radical (unpaired) electrons. The maximum atomic E-state index is 12.8. The lowest BCUT2D eigenvalue weighted by molar-refractivity contribution is -0.167. The van der Waals surface area contributed by atoms with E-state index in [0.29, 0.717) is 12.8 Å². The van der Waals surface area contributed by atoms with E-state index in [1.807, 2.05) is 0 Å². The molecule has 0 aliphatic rings. The van der Waals surface area contributed by atoms with Crippen LogP contribution in [-0.4, -0.2) is 37.2 Å². The molecule has 0 saturated carbocycles. The van der Waals surface area contributed by atoms with Crippen molar-refractivity contribution in [2.45, 2.75) is 245 Å². The van der Waals surface area contributed by atoms with Gasteiger partial charge in [-0.25, -0.2) is 0 Å². The summed E-state index contributed by atoms with van der Waals surface area (Å²) in [5.74, 6) is -0.992. The van der Waals surface area contributed by atoms with Gasteiger partial charge in [-0.1, -0.05) is 249 Å². The molecule has 0 aromatic rings. The third-order valence-electron chi connectivity index (χ3n) is 12.0. The fourth-order valence-corrected chi connectivity index (χ4v) is 7.60. The van der Waals surface area contributed by atoms with E-state index in [1.54, 1.807) is 0 Å². The van der Waals surface area contributed by atoms with Crippen molar-refractivity contribution in [2.24, 2.45) is 0 Å². The van der Waals surface area contributed by atoms with Gasteiger partial charge in [0.1, 0.15) is 13.2 Å². The van der Waals surface area contributed by atoms with Gasteiger partial charge in [-0.3, -0.25) is 14.4 Å². The summed E-state index contributed by atoms with van der Waals surface area (Å²) in [6, 6.07) is 0. The van der Waals surface area contributed by atoms with Crippen molar-refractivity contribution in [1.82, 2.24) is 0 Å². The van der Waals surface area contributed by atoms with Crippen molar-refractivity contribution < 1.29 is 28.6 Å². The Morgan fingerprint density at radius 2 is 0.520 bits per heavy atom. The van der Waals surface area contributed by atoms with Gasteiger partial charge in [-0.15, -0.1) is 0 Å². The van der Waals surface area contributed by atoms with Crippen molar-refractivity contribution in [3.8, 4) is 0 Å². The van der Waals surface area contributed by atoms with Gasteiger partial charge < -0.3 is 14.2 Å². The highest BCUT2D eigenvalue weighted by Gasteiger charge is 2.19. The Bertz CT molecular complexity index is 1710. The Morgan fingerprint density at radius 3 is 0.840 bits per heavy atom. The van der Waals surface area contributed by atoms with Crippen LogP contribution < -0.4 is 0 Å². The predicted molar refractivity (Wildman–Crippen MR) is 325 cm³/mol. The van der Waals surface area contributed by atoms with E-state index in [-0.39, 0.29) is 44.0 Å². The minimum absolute atomic E-state index is 0.108. The highest BCUT2D eigenvalue weighted by atomic mass is 16.6. The molecule has 0 amide bonds. The number of ether oxygens (including phenoxy) is 3. The molecule has 0 aromatic heterocycles. The molecule has 1 atom stereocenters. The summed E-state index contributed by atoms with van der Waals surface area (Å²) in [6.07, 6.45) is 89.7. The summed E-state index contributed by atoms with van der Waals surface area (Å²) in [5.41, 5.74) is 0. The van der Waals surface area contributed by atoms with Gasteiger partial charge in [-0.2, -0.15) is 0 Å². The van der Waals surface area contributed by atoms with E-state index in [2.05, 4.69) is 179 Å². The SMILES string of the molecule is CC/C=C\C/C=C\C/C=C\C/C=C\C/C=C\C/C=C\C/C=C\C/C=C\C/C=C\C/C=C\CCCCC(=O)OCC(COC(=O)CCCCCCCCCCCCC)OC(=O)CCCCC/C=C\C/C=C\C/C=C\CC. The normalized spacial score (nSPS) is 13.3. The third-order valence-corrected chi connectivity index (χ3v) is 12.0. The fourth-order valence-electron chi connectivity index (χ4n) is 7.60. The van der Waals surface area contributed by atoms with Crippen molar-refractivity contribution >= 4 is 17.9 Å². The molecule has 0 aliphatic heterocycles. The van der Waals surface area contributed by atoms with Crippen molar-refractivity contribution in [3.05, 3.63) is 158 Å². The lowest BCUT2D eigenvalue weighted by atomic mass is 10.1. The van der Waals surface area contributed by atoms with Crippen LogP contribution in [0.25, 0.3) is 0 Å². The van der Waals surface area contributed by atoms with Crippen molar-refractivity contribution in [3.63, 3.8) is 0 Å². The Kier molecular flexibility index (Phi) is 57.5. The third kappa shape index (κ3) is 59.8. The quantitative estimate of drug-likeness (QED) is 0.0261. The van der Waals surface area contributed by atoms with Crippen LogP contribution in [0, 0.1) is 0 Å². The largest absolute Gasteiger partial charge is 0.462 e. The zero-order valence-electron chi connectivity index (χ0n) is 48.0. The van der Waals surface area contributed by atoms with Crippen LogP contribution in [-0.2, 0) is 28.6 Å². The molecule has 0 N–H and O–H groups in total. The lowest BCUT2D eigenvalue weighted by Gasteiger charge is -2.18. The summed E-state index contributed by atoms with van der Waals surface area (Å²) < 4.78 is 16.8. The highest BCUT2D eigenvalue weighted by Crippen LogP contribution is 2.14. The van der Waals surface area contributed by atoms with Gasteiger partial charge in [0.2, 0.25) is 0 Å². The van der Waals surface area contributed by atoms with E-state index >= 15 is 0 Å². The molecular weight excluding hydrogens is 925 g/mol. The molecule has 0 rings (SSSR count). The molecule has 0 fully saturated rings. The van der Waals surface area contributed by atoms with Gasteiger partial charge in [0.15, 0.2) is 6.10 Å². The van der Waals surface area contributed by atoms with Crippen molar-refractivity contribution in [2.75, 3.05) is 13.2 Å². The predicted octanol–water partition coefficient (Wildman–Crippen LogP) is 20.5. The summed E-state index contributed by atoms with van der Waals surface area (Å²) in [5, 5.41) is 0. The molecule has 0 saturated heterocycles. The summed E-state index contributed by atoms with van der Waals surface area (Å²) in [7, 11) is 0. The first-order valence-electron chi connectivity index (χ1n) is 30.0. The van der Waals surface area contributed by atoms with E-state index in [9.17, 15) is 14.4 Å². The monoisotopic (exact) mass is 1030 g/mol. The standard InChI is InChI=1S/C69H108O6/c1-4-7-10-13-16-19-22-24-25-26-27-28-29-30-31-32-33-34-35-36-37-38-39-40-41-42-43-45-47-50-53-56-59-62-68(71)74-65-66(64-73-67(70)61-58-55-52-49-46-21-18-15-12-9-6-3)75-69(72)63-60-57-54-51-48-44-23-20-17-14-11-8-5-2/h7-8,10-11,16-17,19-20,24-25,27-28,30-31,33-34,36-37,39-40,42-44,47-48,50,66H,4-6,9,12-15,18,21-23,26,29,32,35,38,41,45-46,49,51-65H2,1-3H3/b10-7-,11-8-,19-16-,20-17-,25-24-,28-27-,31-30-,34-33-,37-36-,40-39-,43-42-,48-44-,50-47-. The van der Waals surface area contributed by atoms with E-state index in [1.165, 1.54) is 51.4 Å². The first-order valence-corrected chi connectivity index (χ1v) is 30.0. The number of unbranched alkanes of at least 4 members (excludes halogenated alkanes) is 15. The molecule has 0 bridgehead atoms. The first kappa shape index (κ1) is 70.0. The van der Waals surface area contributed by atoms with Gasteiger partial charge in [-0.05, 0) is 128 Å². The fraction of sp³-hybridized carbons (Fsp3) is 0.580. The average Bonchev–Trinajstić information content (AvgIpc) is 3.41. The van der Waals surface area contributed by atoms with E-state index < -0.39 is 6.10 Å². The number of hydrogen-bond acceptors (Lipinski definition) is 6. The van der Waals surface area contributed by atoms with Crippen molar-refractivity contribution in [1.29, 1.82) is 0 Å². The molecule has 0 spiro atoms. The average molecular weight is 1030 g/mol. The smallest absolute Gasteiger partial charge is 0.306 e. The Labute approximate surface area is 460 Å². The zero-order chi connectivity index (χ0) is 54.3. The number of carbonyl (C=O) groups is 3. The minimum atomic E-state index is -0.816.